The third kappa shape index (κ3) is 4.20. The highest BCUT2D eigenvalue weighted by Crippen LogP contribution is 2.45. The van der Waals surface area contributed by atoms with Gasteiger partial charge in [-0.25, -0.2) is 4.72 Å². The van der Waals surface area contributed by atoms with E-state index >= 15 is 0 Å². The molecule has 0 radical (unpaired) electrons. The molecule has 1 heterocycles. The predicted molar refractivity (Wildman–Crippen MR) is 107 cm³/mol. The van der Waals surface area contributed by atoms with Gasteiger partial charge in [0, 0.05) is 12.2 Å². The fourth-order valence-electron chi connectivity index (χ4n) is 3.85. The first-order valence-electron chi connectivity index (χ1n) is 9.67. The van der Waals surface area contributed by atoms with Crippen molar-refractivity contribution in [2.75, 3.05) is 13.7 Å². The molecule has 1 saturated carbocycles. The second kappa shape index (κ2) is 8.23. The fourth-order valence-corrected chi connectivity index (χ4v) is 5.06. The molecule has 2 fully saturated rings. The van der Waals surface area contributed by atoms with E-state index in [1.165, 1.54) is 12.7 Å². The van der Waals surface area contributed by atoms with Gasteiger partial charge in [0.25, 0.3) is 5.91 Å². The van der Waals surface area contributed by atoms with Crippen molar-refractivity contribution in [2.45, 2.75) is 37.3 Å². The van der Waals surface area contributed by atoms with Crippen LogP contribution in [0, 0.1) is 0 Å². The summed E-state index contributed by atoms with van der Waals surface area (Å²) in [5, 5.41) is 0. The van der Waals surface area contributed by atoms with Crippen molar-refractivity contribution in [2.24, 2.45) is 0 Å². The molecule has 0 spiro atoms. The highest BCUT2D eigenvalue weighted by Gasteiger charge is 2.43. The lowest BCUT2D eigenvalue weighted by Gasteiger charge is -2.29. The highest BCUT2D eigenvalue weighted by molar-refractivity contribution is 7.87. The van der Waals surface area contributed by atoms with E-state index in [1.54, 1.807) is 30.3 Å². The Hall–Kier alpha value is -2.26. The lowest BCUT2D eigenvalue weighted by molar-refractivity contribution is -0.0985. The van der Waals surface area contributed by atoms with E-state index in [1.807, 2.05) is 18.2 Å². The van der Waals surface area contributed by atoms with Crippen molar-refractivity contribution in [1.82, 2.24) is 9.19 Å². The molecule has 2 aliphatic rings. The van der Waals surface area contributed by atoms with Crippen molar-refractivity contribution in [1.29, 1.82) is 0 Å². The molecule has 2 aromatic rings. The first-order valence-corrected chi connectivity index (χ1v) is 11.1. The summed E-state index contributed by atoms with van der Waals surface area (Å²) in [6.07, 6.45) is 2.29. The van der Waals surface area contributed by atoms with Crippen LogP contribution in [-0.4, -0.2) is 38.6 Å². The molecule has 2 atom stereocenters. The number of nitrogens with zero attached hydrogens (tertiary/aromatic N) is 1. The fraction of sp³-hybridized carbons (Fsp3) is 0.381. The van der Waals surface area contributed by atoms with Crippen LogP contribution in [0.3, 0.4) is 0 Å². The zero-order valence-corrected chi connectivity index (χ0v) is 17.0. The number of amides is 1. The number of hydrogen-bond donors (Lipinski definition) is 1. The lowest BCUT2D eigenvalue weighted by Crippen LogP contribution is -2.48. The van der Waals surface area contributed by atoms with Gasteiger partial charge < -0.3 is 4.74 Å². The Morgan fingerprint density at radius 3 is 2.34 bits per heavy atom. The second-order valence-corrected chi connectivity index (χ2v) is 8.80. The van der Waals surface area contributed by atoms with Gasteiger partial charge in [-0.2, -0.15) is 8.42 Å². The number of carbonyl (C=O) groups is 1. The summed E-state index contributed by atoms with van der Waals surface area (Å²) >= 11 is 0. The van der Waals surface area contributed by atoms with Gasteiger partial charge in [-0.3, -0.25) is 9.63 Å². The number of hydroxylamine groups is 1. The predicted octanol–water partition coefficient (Wildman–Crippen LogP) is 2.93. The molecule has 2 aromatic carbocycles. The molecule has 154 valence electrons. The Kier molecular flexibility index (Phi) is 5.69. The maximum Gasteiger partial charge on any atom is 0.326 e. The monoisotopic (exact) mass is 416 g/mol. The second-order valence-electron chi connectivity index (χ2n) is 7.29. The van der Waals surface area contributed by atoms with Crippen molar-refractivity contribution in [3.8, 4) is 0 Å². The van der Waals surface area contributed by atoms with Crippen LogP contribution in [-0.2, 0) is 19.8 Å². The van der Waals surface area contributed by atoms with E-state index < -0.39 is 28.3 Å². The number of carbonyl (C=O) groups excluding carboxylic acids is 1. The summed E-state index contributed by atoms with van der Waals surface area (Å²) in [6.45, 7) is 0.413. The van der Waals surface area contributed by atoms with Crippen LogP contribution in [0.4, 0.5) is 0 Å². The summed E-state index contributed by atoms with van der Waals surface area (Å²) < 4.78 is 34.8. The first-order chi connectivity index (χ1) is 14.0. The summed E-state index contributed by atoms with van der Waals surface area (Å²) in [6, 6.07) is 15.6. The molecular formula is C21H24N2O5S. The summed E-state index contributed by atoms with van der Waals surface area (Å²) in [4.78, 5) is 17.6. The molecule has 1 amide bonds. The van der Waals surface area contributed by atoms with Gasteiger partial charge in [0.2, 0.25) is 0 Å². The normalized spacial score (nSPS) is 22.0. The van der Waals surface area contributed by atoms with Crippen LogP contribution < -0.4 is 4.72 Å². The third-order valence-corrected chi connectivity index (χ3v) is 6.66. The van der Waals surface area contributed by atoms with Crippen molar-refractivity contribution in [3.05, 3.63) is 71.3 Å². The Morgan fingerprint density at radius 2 is 1.69 bits per heavy atom. The zero-order valence-electron chi connectivity index (χ0n) is 16.2. The minimum Gasteiger partial charge on any atom is -0.372 e. The van der Waals surface area contributed by atoms with Gasteiger partial charge in [-0.05, 0) is 48.4 Å². The third-order valence-electron chi connectivity index (χ3n) is 5.33. The van der Waals surface area contributed by atoms with Crippen LogP contribution >= 0.6 is 0 Å². The average molecular weight is 416 g/mol. The number of benzene rings is 2. The van der Waals surface area contributed by atoms with E-state index in [4.69, 9.17) is 9.57 Å². The van der Waals surface area contributed by atoms with Gasteiger partial charge in [0.15, 0.2) is 0 Å². The van der Waals surface area contributed by atoms with Gasteiger partial charge in [-0.15, -0.1) is 0 Å². The number of rotatable bonds is 7. The number of nitrogens with one attached hydrogen (secondary N) is 1. The molecule has 2 unspecified atom stereocenters. The van der Waals surface area contributed by atoms with Gasteiger partial charge >= 0.3 is 10.2 Å². The number of hydrogen-bond acceptors (Lipinski definition) is 5. The Balaban J connectivity index is 1.58. The van der Waals surface area contributed by atoms with Gasteiger partial charge in [-0.1, -0.05) is 46.9 Å². The van der Waals surface area contributed by atoms with E-state index in [0.717, 1.165) is 22.9 Å². The summed E-state index contributed by atoms with van der Waals surface area (Å²) in [7, 11) is -2.94. The van der Waals surface area contributed by atoms with Crippen LogP contribution in [0.2, 0.25) is 0 Å². The minimum atomic E-state index is -4.23. The standard InChI is InChI=1S/C21H24N2O5S/c1-27-23(29(25,26)22-21(24)16-7-3-2-4-8-16)19-13-14-28-20(19)18-10-6-5-9-17(18)15-11-12-15/h2-10,15,19-20H,11-14H2,1H3,(H,22,24). The SMILES string of the molecule is CON(C1CCOC1c1ccccc1C1CC1)S(=O)(=O)NC(=O)c1ccccc1. The molecule has 1 N–H and O–H groups in total. The maximum atomic E-state index is 13.0. The molecular weight excluding hydrogens is 392 g/mol. The summed E-state index contributed by atoms with van der Waals surface area (Å²) in [5.41, 5.74) is 2.45. The lowest BCUT2D eigenvalue weighted by atomic mass is 9.95. The molecule has 7 nitrogen and oxygen atoms in total. The van der Waals surface area contributed by atoms with E-state index in [9.17, 15) is 13.2 Å². The Bertz CT molecular complexity index is 976. The van der Waals surface area contributed by atoms with Crippen molar-refractivity contribution >= 4 is 16.1 Å². The van der Waals surface area contributed by atoms with Crippen molar-refractivity contribution in [3.63, 3.8) is 0 Å². The molecule has 0 aromatic heterocycles. The molecule has 4 rings (SSSR count). The van der Waals surface area contributed by atoms with Gasteiger partial charge in [0.1, 0.15) is 6.10 Å². The molecule has 1 aliphatic carbocycles. The molecule has 1 aliphatic heterocycles. The van der Waals surface area contributed by atoms with E-state index in [2.05, 4.69) is 10.8 Å². The topological polar surface area (TPSA) is 84.9 Å². The van der Waals surface area contributed by atoms with E-state index in [0.29, 0.717) is 18.9 Å². The Labute approximate surface area is 170 Å². The largest absolute Gasteiger partial charge is 0.372 e. The van der Waals surface area contributed by atoms with Crippen LogP contribution in [0.25, 0.3) is 0 Å². The maximum absolute atomic E-state index is 13.0. The first kappa shape index (κ1) is 20.0. The zero-order chi connectivity index (χ0) is 20.4. The molecule has 1 saturated heterocycles. The van der Waals surface area contributed by atoms with Crippen molar-refractivity contribution < 1.29 is 22.8 Å². The molecule has 8 heteroatoms. The average Bonchev–Trinajstić information content (AvgIpc) is 3.47. The summed E-state index contributed by atoms with van der Waals surface area (Å²) in [5.74, 6) is -0.206. The van der Waals surface area contributed by atoms with Gasteiger partial charge in [0.05, 0.1) is 13.2 Å². The quantitative estimate of drug-likeness (QED) is 0.702. The molecule has 29 heavy (non-hydrogen) atoms. The smallest absolute Gasteiger partial charge is 0.326 e. The van der Waals surface area contributed by atoms with Crippen LogP contribution in [0.5, 0.6) is 0 Å². The number of ether oxygens (including phenoxy) is 1. The Morgan fingerprint density at radius 1 is 1.03 bits per heavy atom. The van der Waals surface area contributed by atoms with Crippen LogP contribution in [0.15, 0.2) is 54.6 Å². The van der Waals surface area contributed by atoms with Crippen LogP contribution in [0.1, 0.15) is 52.8 Å². The highest BCUT2D eigenvalue weighted by atomic mass is 32.2. The molecule has 0 bridgehead atoms. The minimum absolute atomic E-state index is 0.255. The van der Waals surface area contributed by atoms with E-state index in [-0.39, 0.29) is 5.56 Å².